The monoisotopic (exact) mass is 1660 g/mol. The van der Waals surface area contributed by atoms with Crippen LogP contribution in [-0.2, 0) is 0 Å². The Bertz CT molecular complexity index is 739. The first-order valence-electron chi connectivity index (χ1n) is 17.6. The maximum atomic E-state index is 10.1. The smallest absolute Gasteiger partial charge is 0.854 e. The summed E-state index contributed by atoms with van der Waals surface area (Å²) in [5.41, 5.74) is 0. The average Bonchev–Trinajstić information content (AvgIpc) is 3.20. The van der Waals surface area contributed by atoms with Gasteiger partial charge in [0.25, 0.3) is 0 Å². The first-order valence-corrected chi connectivity index (χ1v) is 17.6. The van der Waals surface area contributed by atoms with Crippen molar-refractivity contribution in [2.75, 3.05) is 172 Å². The summed E-state index contributed by atoms with van der Waals surface area (Å²) >= 11 is 0. The van der Waals surface area contributed by atoms with Gasteiger partial charge in [0.1, 0.15) is 0 Å². The van der Waals surface area contributed by atoms with E-state index in [0.29, 0.717) is 78.5 Å². The molecular formula is C26H62Gd4N10O32. The molecule has 72 heavy (non-hydrogen) atoms. The third kappa shape index (κ3) is 258. The van der Waals surface area contributed by atoms with Crippen LogP contribution in [0.4, 0.5) is 0 Å². The summed E-state index contributed by atoms with van der Waals surface area (Å²) in [5.74, 6) is 0. The van der Waals surface area contributed by atoms with Crippen LogP contribution in [0, 0.1) is 252 Å². The Morgan fingerprint density at radius 2 is 0.319 bits per heavy atom. The second-order valence-electron chi connectivity index (χ2n) is 9.27. The van der Waals surface area contributed by atoms with Gasteiger partial charge in [-0.15, -0.1) is 39.6 Å². The summed E-state index contributed by atoms with van der Waals surface area (Å²) in [7, 11) is 2.00. The second-order valence-corrected chi connectivity index (χ2v) is 9.27. The number of hydrogen-bond acceptors (Lipinski definition) is 36. The zero-order valence-corrected chi connectivity index (χ0v) is 47.3. The van der Waals surface area contributed by atoms with Crippen LogP contribution in [0.1, 0.15) is 0 Å². The molecule has 0 aromatic heterocycles. The van der Waals surface area contributed by atoms with E-state index >= 15 is 0 Å². The fourth-order valence-corrected chi connectivity index (χ4v) is 2.96. The van der Waals surface area contributed by atoms with E-state index in [4.69, 9.17) is 133 Å². The van der Waals surface area contributed by atoms with Gasteiger partial charge in [-0.1, -0.05) is 0 Å². The van der Waals surface area contributed by atoms with Crippen molar-refractivity contribution >= 4 is 0 Å². The van der Waals surface area contributed by atoms with E-state index in [1.165, 1.54) is 0 Å². The quantitative estimate of drug-likeness (QED) is 0.0329. The minimum absolute atomic E-state index is 0. The molecule has 0 saturated heterocycles. The summed E-state index contributed by atoms with van der Waals surface area (Å²) in [6, 6.07) is 0. The van der Waals surface area contributed by atoms with E-state index in [1.54, 1.807) is 19.6 Å². The molecule has 0 saturated carbocycles. The van der Waals surface area contributed by atoms with Crippen LogP contribution in [0.5, 0.6) is 0 Å². The van der Waals surface area contributed by atoms with Crippen molar-refractivity contribution in [2.45, 2.75) is 0 Å². The van der Waals surface area contributed by atoms with Gasteiger partial charge in [-0.2, -0.15) is 0 Å². The normalized spacial score (nSPS) is 8.17. The van der Waals surface area contributed by atoms with E-state index in [1.807, 2.05) is 0 Å². The zero-order valence-electron chi connectivity index (χ0n) is 38.2. The van der Waals surface area contributed by atoms with Gasteiger partial charge in [-0.3, -0.25) is 0 Å². The van der Waals surface area contributed by atoms with E-state index in [9.17, 15) is 30.6 Å². The molecule has 0 bridgehead atoms. The topological polar surface area (TPSA) is 710 Å². The minimum atomic E-state index is -1.75. The molecule has 0 aromatic rings. The molecule has 0 atom stereocenters. The Balaban J connectivity index is -0.0000000350. The molecule has 440 valence electrons. The molecule has 0 aliphatic carbocycles. The van der Waals surface area contributed by atoms with Crippen molar-refractivity contribution in [3.8, 4) is 0 Å². The van der Waals surface area contributed by atoms with Gasteiger partial charge >= 0.3 is 160 Å². The fourth-order valence-electron chi connectivity index (χ4n) is 2.96. The Morgan fingerprint density at radius 3 is 0.375 bits per heavy atom. The summed E-state index contributed by atoms with van der Waals surface area (Å²) in [5, 5.41) is 214. The Morgan fingerprint density at radius 1 is 0.250 bits per heavy atom. The Hall–Kier alpha value is -0.221. The van der Waals surface area contributed by atoms with Crippen LogP contribution < -0.4 is 30.6 Å². The molecule has 0 aliphatic heterocycles. The number of aliphatic hydroxyl groups excluding tert-OH is 8. The number of aliphatic hydroxyl groups is 8. The predicted octanol–water partition coefficient (Wildman–Crippen LogP) is -12.9. The van der Waals surface area contributed by atoms with Gasteiger partial charge in [-0.25, -0.2) is 0 Å². The van der Waals surface area contributed by atoms with Gasteiger partial charge in [-0.05, 0) is 39.3 Å². The number of rotatable bonds is 24. The van der Waals surface area contributed by atoms with Crippen molar-refractivity contribution in [1.82, 2.24) is 19.6 Å². The summed E-state index contributed by atoms with van der Waals surface area (Å²) in [6.45, 7) is 4.03. The van der Waals surface area contributed by atoms with Crippen LogP contribution >= 0.6 is 0 Å². The van der Waals surface area contributed by atoms with Crippen molar-refractivity contribution in [3.63, 3.8) is 0 Å². The van der Waals surface area contributed by atoms with Crippen molar-refractivity contribution in [2.24, 2.45) is 0 Å². The van der Waals surface area contributed by atoms with Crippen LogP contribution in [0.3, 0.4) is 0 Å². The van der Waals surface area contributed by atoms with Crippen molar-refractivity contribution in [1.29, 1.82) is 0 Å². The van der Waals surface area contributed by atoms with Crippen LogP contribution in [-0.4, -0.2) is 263 Å². The first kappa shape index (κ1) is 116. The molecule has 0 aromatic carbocycles. The third-order valence-electron chi connectivity index (χ3n) is 4.94. The molecule has 0 rings (SSSR count). The van der Waals surface area contributed by atoms with E-state index < -0.39 is 30.5 Å². The van der Waals surface area contributed by atoms with Crippen molar-refractivity contribution in [3.05, 3.63) is 91.9 Å². The molecule has 0 spiro atoms. The molecule has 0 heterocycles. The molecule has 46 heteroatoms. The third-order valence-corrected chi connectivity index (χ3v) is 4.94. The van der Waals surface area contributed by atoms with Crippen molar-refractivity contribution < 1.29 is 262 Å². The van der Waals surface area contributed by atoms with Crippen LogP contribution in [0.25, 0.3) is 0 Å². The maximum absolute atomic E-state index is 10.1. The summed E-state index contributed by atoms with van der Waals surface area (Å²) < 4.78 is 0. The van der Waals surface area contributed by atoms with E-state index in [2.05, 4.69) is 0 Å². The first-order chi connectivity index (χ1) is 31.8. The van der Waals surface area contributed by atoms with Gasteiger partial charge in [0.2, 0.25) is 0 Å². The number of nitrogens with zero attached hydrogens (tertiary/aromatic N) is 10. The molecule has 0 unspecified atom stereocenters. The SMILES string of the molecule is CO.CO.O=[N+]([O-])[O-].O=[N+]([O-])[O-].O=[N+]([O-])[O-].O=[N+]([O-])[O-].O=[N+]([O-])[O-].O=[N+]([O-])[O-].[Gd+3].[Gd+3].[Gd+3].[Gd+3].[O-]CCN(CCO)CCO.[O-]CCN(CCO)CCO.[O-]CCN(CC[O-])CCO.[O-]CCN(CC[O-])CCO. The molecule has 8 N–H and O–H groups in total. The predicted molar refractivity (Wildman–Crippen MR) is 216 cm³/mol. The standard InChI is InChI=1S/2C6H14NO3.2C6H13NO3.2CH4O.4Gd.6NO3/c4*8-4-1-7(2-5-9)3-6-10;2*1-2;;;;;6*2-1(3)4/h2*8-9H,1-6H2;2*8H,1-6H2;2*2H,1H3;;;;;;;;;;/q2*-1;2*-2;;;4*+3;6*-1. The Kier molecular flexibility index (Phi) is 191. The average molecular weight is 1660 g/mol. The van der Waals surface area contributed by atoms with E-state index in [-0.39, 0.29) is 239 Å². The fraction of sp³-hybridized carbons (Fsp3) is 1.00. The summed E-state index contributed by atoms with van der Waals surface area (Å²) in [6.07, 6.45) is 0. The largest absolute Gasteiger partial charge is 3.00 e. The molecule has 4 radical (unpaired) electrons. The van der Waals surface area contributed by atoms with Gasteiger partial charge in [0.05, 0.1) is 70.2 Å². The molecule has 42 nitrogen and oxygen atoms in total. The summed E-state index contributed by atoms with van der Waals surface area (Å²) in [4.78, 5) is 56.3. The van der Waals surface area contributed by atoms with Gasteiger partial charge < -0.3 is 183 Å². The Labute approximate surface area is 538 Å². The molecule has 0 aliphatic rings. The number of hydrogen-bond donors (Lipinski definition) is 8. The second kappa shape index (κ2) is 119. The van der Waals surface area contributed by atoms with E-state index in [0.717, 1.165) is 14.2 Å². The van der Waals surface area contributed by atoms with Crippen LogP contribution in [0.15, 0.2) is 0 Å². The molecular weight excluding hydrogens is 1590 g/mol. The van der Waals surface area contributed by atoms with Crippen LogP contribution in [0.2, 0.25) is 0 Å². The zero-order chi connectivity index (χ0) is 56.7. The van der Waals surface area contributed by atoms with Gasteiger partial charge in [0, 0.05) is 53.5 Å². The minimum Gasteiger partial charge on any atom is -0.854 e. The molecule has 0 fully saturated rings. The maximum Gasteiger partial charge on any atom is 3.00 e. The molecule has 0 amide bonds. The van der Waals surface area contributed by atoms with Gasteiger partial charge in [0.15, 0.2) is 0 Å².